The van der Waals surface area contributed by atoms with Crippen LogP contribution in [-0.2, 0) is 4.74 Å². The molecule has 0 aliphatic carbocycles. The lowest BCUT2D eigenvalue weighted by atomic mass is 10.1. The Morgan fingerprint density at radius 3 is 3.00 bits per heavy atom. The van der Waals surface area contributed by atoms with Crippen LogP contribution < -0.4 is 5.84 Å². The van der Waals surface area contributed by atoms with Gasteiger partial charge in [-0.1, -0.05) is 6.42 Å². The fourth-order valence-corrected chi connectivity index (χ4v) is 1.46. The molecule has 11 heavy (non-hydrogen) atoms. The molecule has 1 saturated heterocycles. The smallest absolute Gasteiger partial charge is 0.0635 e. The number of rotatable bonds is 3. The standard InChI is InChI=1S/C8H18N2O/c1-2-11-7-8-5-3-4-6-10(8)9/h8H,2-7,9H2,1H3/t8-/m0/s1. The van der Waals surface area contributed by atoms with E-state index in [9.17, 15) is 0 Å². The van der Waals surface area contributed by atoms with Gasteiger partial charge in [0.05, 0.1) is 6.61 Å². The van der Waals surface area contributed by atoms with E-state index < -0.39 is 0 Å². The van der Waals surface area contributed by atoms with Gasteiger partial charge >= 0.3 is 0 Å². The predicted octanol–water partition coefficient (Wildman–Crippen LogP) is 0.751. The summed E-state index contributed by atoms with van der Waals surface area (Å²) in [6.07, 6.45) is 3.72. The average Bonchev–Trinajstić information content (AvgIpc) is 2.03. The Kier molecular flexibility index (Phi) is 3.83. The van der Waals surface area contributed by atoms with Gasteiger partial charge in [0.15, 0.2) is 0 Å². The van der Waals surface area contributed by atoms with Crippen molar-refractivity contribution in [1.29, 1.82) is 0 Å². The second-order valence-corrected chi connectivity index (χ2v) is 3.05. The van der Waals surface area contributed by atoms with Gasteiger partial charge in [0.25, 0.3) is 0 Å². The van der Waals surface area contributed by atoms with Crippen LogP contribution in [0, 0.1) is 0 Å². The van der Waals surface area contributed by atoms with Crippen molar-refractivity contribution in [1.82, 2.24) is 5.01 Å². The number of nitrogens with two attached hydrogens (primary N) is 1. The van der Waals surface area contributed by atoms with Gasteiger partial charge in [-0.3, -0.25) is 5.84 Å². The Hall–Kier alpha value is -0.120. The summed E-state index contributed by atoms with van der Waals surface area (Å²) in [4.78, 5) is 0. The molecule has 0 saturated carbocycles. The molecular formula is C8H18N2O. The third-order valence-corrected chi connectivity index (χ3v) is 2.19. The largest absolute Gasteiger partial charge is 0.380 e. The van der Waals surface area contributed by atoms with E-state index in [4.69, 9.17) is 10.6 Å². The first kappa shape index (κ1) is 8.97. The molecule has 0 unspecified atom stereocenters. The molecule has 0 spiro atoms. The van der Waals surface area contributed by atoms with Crippen molar-refractivity contribution in [3.63, 3.8) is 0 Å². The molecule has 0 aromatic heterocycles. The van der Waals surface area contributed by atoms with Gasteiger partial charge in [-0.2, -0.15) is 0 Å². The second kappa shape index (κ2) is 4.70. The van der Waals surface area contributed by atoms with E-state index in [0.29, 0.717) is 6.04 Å². The van der Waals surface area contributed by atoms with E-state index in [-0.39, 0.29) is 0 Å². The monoisotopic (exact) mass is 158 g/mol. The molecule has 1 aliphatic rings. The first-order chi connectivity index (χ1) is 5.34. The topological polar surface area (TPSA) is 38.5 Å². The molecule has 3 heteroatoms. The Bertz CT molecular complexity index is 108. The molecule has 0 bridgehead atoms. The van der Waals surface area contributed by atoms with Gasteiger partial charge in [0, 0.05) is 19.2 Å². The Labute approximate surface area is 68.5 Å². The molecule has 66 valence electrons. The van der Waals surface area contributed by atoms with Gasteiger partial charge in [0.1, 0.15) is 0 Å². The van der Waals surface area contributed by atoms with Crippen molar-refractivity contribution < 1.29 is 4.74 Å². The quantitative estimate of drug-likeness (QED) is 0.616. The zero-order chi connectivity index (χ0) is 8.10. The summed E-state index contributed by atoms with van der Waals surface area (Å²) in [6, 6.07) is 0.462. The summed E-state index contributed by atoms with van der Waals surface area (Å²) in [5, 5.41) is 1.92. The first-order valence-electron chi connectivity index (χ1n) is 4.43. The highest BCUT2D eigenvalue weighted by atomic mass is 16.5. The van der Waals surface area contributed by atoms with Crippen molar-refractivity contribution in [3.8, 4) is 0 Å². The highest BCUT2D eigenvalue weighted by Gasteiger charge is 2.18. The molecule has 3 nitrogen and oxygen atoms in total. The van der Waals surface area contributed by atoms with Crippen LogP contribution >= 0.6 is 0 Å². The zero-order valence-corrected chi connectivity index (χ0v) is 7.25. The molecule has 1 rings (SSSR count). The lowest BCUT2D eigenvalue weighted by Gasteiger charge is -2.31. The van der Waals surface area contributed by atoms with Gasteiger partial charge in [0.2, 0.25) is 0 Å². The van der Waals surface area contributed by atoms with E-state index in [1.165, 1.54) is 19.3 Å². The molecule has 0 amide bonds. The predicted molar refractivity (Wildman–Crippen MR) is 45.0 cm³/mol. The Morgan fingerprint density at radius 1 is 1.55 bits per heavy atom. The summed E-state index contributed by atoms with van der Waals surface area (Å²) in [5.74, 6) is 5.77. The molecule has 1 aliphatic heterocycles. The van der Waals surface area contributed by atoms with Crippen LogP contribution in [0.2, 0.25) is 0 Å². The molecule has 1 fully saturated rings. The van der Waals surface area contributed by atoms with Crippen molar-refractivity contribution in [2.75, 3.05) is 19.8 Å². The van der Waals surface area contributed by atoms with Crippen LogP contribution in [0.3, 0.4) is 0 Å². The maximum absolute atomic E-state index is 5.77. The number of hydrogen-bond donors (Lipinski definition) is 1. The summed E-state index contributed by atoms with van der Waals surface area (Å²) < 4.78 is 5.32. The summed E-state index contributed by atoms with van der Waals surface area (Å²) in [7, 11) is 0. The SMILES string of the molecule is CCOC[C@@H]1CCCCN1N. The molecule has 0 aromatic carbocycles. The zero-order valence-electron chi connectivity index (χ0n) is 7.25. The van der Waals surface area contributed by atoms with Crippen LogP contribution in [0.1, 0.15) is 26.2 Å². The summed E-state index contributed by atoms with van der Waals surface area (Å²) in [5.41, 5.74) is 0. The average molecular weight is 158 g/mol. The van der Waals surface area contributed by atoms with Crippen LogP contribution in [0.25, 0.3) is 0 Å². The Balaban J connectivity index is 2.18. The summed E-state index contributed by atoms with van der Waals surface area (Å²) in [6.45, 7) is 4.64. The molecule has 0 radical (unpaired) electrons. The third kappa shape index (κ3) is 2.77. The van der Waals surface area contributed by atoms with Crippen LogP contribution in [0.4, 0.5) is 0 Å². The molecule has 1 atom stereocenters. The van der Waals surface area contributed by atoms with Gasteiger partial charge in [-0.25, -0.2) is 5.01 Å². The van der Waals surface area contributed by atoms with Crippen molar-refractivity contribution in [2.24, 2.45) is 5.84 Å². The maximum atomic E-state index is 5.77. The van der Waals surface area contributed by atoms with Crippen molar-refractivity contribution in [3.05, 3.63) is 0 Å². The lowest BCUT2D eigenvalue weighted by Crippen LogP contribution is -2.46. The first-order valence-corrected chi connectivity index (χ1v) is 4.43. The molecular weight excluding hydrogens is 140 g/mol. The van der Waals surface area contributed by atoms with Crippen LogP contribution in [0.5, 0.6) is 0 Å². The van der Waals surface area contributed by atoms with E-state index in [2.05, 4.69) is 0 Å². The minimum Gasteiger partial charge on any atom is -0.380 e. The third-order valence-electron chi connectivity index (χ3n) is 2.19. The van der Waals surface area contributed by atoms with Gasteiger partial charge < -0.3 is 4.74 Å². The van der Waals surface area contributed by atoms with E-state index in [1.54, 1.807) is 0 Å². The van der Waals surface area contributed by atoms with E-state index in [1.807, 2.05) is 11.9 Å². The summed E-state index contributed by atoms with van der Waals surface area (Å²) >= 11 is 0. The molecule has 2 N–H and O–H groups in total. The molecule has 1 heterocycles. The number of piperidine rings is 1. The highest BCUT2D eigenvalue weighted by molar-refractivity contribution is 4.71. The maximum Gasteiger partial charge on any atom is 0.0635 e. The fourth-order valence-electron chi connectivity index (χ4n) is 1.46. The highest BCUT2D eigenvalue weighted by Crippen LogP contribution is 2.13. The van der Waals surface area contributed by atoms with Crippen LogP contribution in [0.15, 0.2) is 0 Å². The molecule has 0 aromatic rings. The fraction of sp³-hybridized carbons (Fsp3) is 1.00. The van der Waals surface area contributed by atoms with Crippen molar-refractivity contribution >= 4 is 0 Å². The van der Waals surface area contributed by atoms with Gasteiger partial charge in [-0.05, 0) is 19.8 Å². The van der Waals surface area contributed by atoms with E-state index in [0.717, 1.165) is 19.8 Å². The van der Waals surface area contributed by atoms with Gasteiger partial charge in [-0.15, -0.1) is 0 Å². The number of hydrogen-bond acceptors (Lipinski definition) is 3. The van der Waals surface area contributed by atoms with Crippen molar-refractivity contribution in [2.45, 2.75) is 32.2 Å². The minimum absolute atomic E-state index is 0.462. The number of hydrazine groups is 1. The number of ether oxygens (including phenoxy) is 1. The lowest BCUT2D eigenvalue weighted by molar-refractivity contribution is 0.0455. The number of nitrogens with zero attached hydrogens (tertiary/aromatic N) is 1. The normalized spacial score (nSPS) is 27.3. The van der Waals surface area contributed by atoms with Crippen LogP contribution in [-0.4, -0.2) is 30.8 Å². The minimum atomic E-state index is 0.462. The van der Waals surface area contributed by atoms with E-state index >= 15 is 0 Å². The second-order valence-electron chi connectivity index (χ2n) is 3.05. The Morgan fingerprint density at radius 2 is 2.36 bits per heavy atom.